The van der Waals surface area contributed by atoms with Crippen LogP contribution in [-0.2, 0) is 0 Å². The maximum atomic E-state index is 9.28. The lowest BCUT2D eigenvalue weighted by atomic mass is 9.65. The van der Waals surface area contributed by atoms with E-state index < -0.39 is 0 Å². The Balaban J connectivity index is 2.18. The number of fused-ring (bicyclic) bond motifs is 1. The van der Waals surface area contributed by atoms with Crippen molar-refractivity contribution in [1.29, 1.82) is 0 Å². The van der Waals surface area contributed by atoms with Crippen molar-refractivity contribution in [3.8, 4) is 0 Å². The van der Waals surface area contributed by atoms with Crippen LogP contribution in [0.3, 0.4) is 0 Å². The van der Waals surface area contributed by atoms with E-state index in [2.05, 4.69) is 26.0 Å². The van der Waals surface area contributed by atoms with Crippen molar-refractivity contribution in [3.63, 3.8) is 0 Å². The molecule has 0 amide bonds. The maximum absolute atomic E-state index is 9.28. The van der Waals surface area contributed by atoms with Gasteiger partial charge in [0.1, 0.15) is 0 Å². The van der Waals surface area contributed by atoms with Crippen molar-refractivity contribution >= 4 is 0 Å². The summed E-state index contributed by atoms with van der Waals surface area (Å²) in [7, 11) is 0. The van der Waals surface area contributed by atoms with Crippen molar-refractivity contribution in [2.24, 2.45) is 23.2 Å². The van der Waals surface area contributed by atoms with E-state index in [1.165, 1.54) is 25.7 Å². The van der Waals surface area contributed by atoms with Crippen LogP contribution >= 0.6 is 0 Å². The predicted molar refractivity (Wildman–Crippen MR) is 58.9 cm³/mol. The first-order valence-electron chi connectivity index (χ1n) is 5.96. The molecule has 2 aliphatic carbocycles. The standard InChI is InChI=1S/C13H22O/c1-10(9-14)12-7-6-11-5-3-4-8-13(11,12)2/h3,5,10-12,14H,4,6-9H2,1-2H3/t10-,11-,12-,13+/m0/s1. The van der Waals surface area contributed by atoms with Gasteiger partial charge < -0.3 is 5.11 Å². The quantitative estimate of drug-likeness (QED) is 0.670. The lowest BCUT2D eigenvalue weighted by molar-refractivity contribution is 0.0819. The minimum absolute atomic E-state index is 0.358. The van der Waals surface area contributed by atoms with Gasteiger partial charge in [0.2, 0.25) is 0 Å². The topological polar surface area (TPSA) is 20.2 Å². The van der Waals surface area contributed by atoms with Crippen molar-refractivity contribution in [1.82, 2.24) is 0 Å². The summed E-state index contributed by atoms with van der Waals surface area (Å²) >= 11 is 0. The molecule has 2 aliphatic rings. The summed E-state index contributed by atoms with van der Waals surface area (Å²) in [6.45, 7) is 5.00. The van der Waals surface area contributed by atoms with E-state index in [1.54, 1.807) is 0 Å². The van der Waals surface area contributed by atoms with Crippen molar-refractivity contribution in [2.45, 2.75) is 39.5 Å². The first-order valence-corrected chi connectivity index (χ1v) is 5.96. The average Bonchev–Trinajstić information content (AvgIpc) is 2.54. The molecule has 1 N–H and O–H groups in total. The molecule has 2 rings (SSSR count). The van der Waals surface area contributed by atoms with Crippen molar-refractivity contribution in [3.05, 3.63) is 12.2 Å². The van der Waals surface area contributed by atoms with Crippen molar-refractivity contribution in [2.75, 3.05) is 6.61 Å². The van der Waals surface area contributed by atoms with Gasteiger partial charge in [0.05, 0.1) is 0 Å². The second-order valence-electron chi connectivity index (χ2n) is 5.42. The molecule has 0 aromatic rings. The molecule has 80 valence electrons. The molecule has 0 unspecified atom stereocenters. The molecule has 0 aromatic heterocycles. The van der Waals surface area contributed by atoms with Crippen LogP contribution in [0.25, 0.3) is 0 Å². The highest BCUT2D eigenvalue weighted by atomic mass is 16.3. The normalized spacial score (nSPS) is 43.6. The highest BCUT2D eigenvalue weighted by Gasteiger charge is 2.47. The molecule has 1 nitrogen and oxygen atoms in total. The van der Waals surface area contributed by atoms with Gasteiger partial charge in [-0.2, -0.15) is 0 Å². The monoisotopic (exact) mass is 194 g/mol. The lowest BCUT2D eigenvalue weighted by Gasteiger charge is -2.40. The van der Waals surface area contributed by atoms with Crippen molar-refractivity contribution < 1.29 is 5.11 Å². The number of hydrogen-bond acceptors (Lipinski definition) is 1. The van der Waals surface area contributed by atoms with Crippen LogP contribution in [-0.4, -0.2) is 11.7 Å². The summed E-state index contributed by atoms with van der Waals surface area (Å²) in [5, 5.41) is 9.28. The third-order valence-corrected chi connectivity index (χ3v) is 4.68. The number of allylic oxidation sites excluding steroid dienone is 2. The molecule has 0 saturated heterocycles. The second-order valence-corrected chi connectivity index (χ2v) is 5.42. The van der Waals surface area contributed by atoms with Crippen LogP contribution in [0.5, 0.6) is 0 Å². The fraction of sp³-hybridized carbons (Fsp3) is 0.846. The van der Waals surface area contributed by atoms with Gasteiger partial charge in [-0.1, -0.05) is 26.0 Å². The summed E-state index contributed by atoms with van der Waals surface area (Å²) in [6, 6.07) is 0. The van der Waals surface area contributed by atoms with Gasteiger partial charge in [-0.3, -0.25) is 0 Å². The first kappa shape index (κ1) is 10.2. The van der Waals surface area contributed by atoms with E-state index in [1.807, 2.05) is 0 Å². The van der Waals surface area contributed by atoms with E-state index in [-0.39, 0.29) is 0 Å². The molecule has 0 aliphatic heterocycles. The van der Waals surface area contributed by atoms with E-state index in [4.69, 9.17) is 0 Å². The minimum atomic E-state index is 0.358. The van der Waals surface area contributed by atoms with E-state index in [0.29, 0.717) is 17.9 Å². The number of aliphatic hydroxyl groups excluding tert-OH is 1. The third kappa shape index (κ3) is 1.42. The molecule has 4 atom stereocenters. The minimum Gasteiger partial charge on any atom is -0.396 e. The van der Waals surface area contributed by atoms with Crippen LogP contribution < -0.4 is 0 Å². The third-order valence-electron chi connectivity index (χ3n) is 4.68. The average molecular weight is 194 g/mol. The van der Waals surface area contributed by atoms with Crippen LogP contribution in [0.4, 0.5) is 0 Å². The van der Waals surface area contributed by atoms with Gasteiger partial charge in [-0.25, -0.2) is 0 Å². The molecule has 1 saturated carbocycles. The zero-order valence-corrected chi connectivity index (χ0v) is 9.37. The Labute approximate surface area is 87.2 Å². The molecule has 0 heterocycles. The number of rotatable bonds is 2. The number of aliphatic hydroxyl groups is 1. The Hall–Kier alpha value is -0.300. The van der Waals surface area contributed by atoms with E-state index in [9.17, 15) is 5.11 Å². The van der Waals surface area contributed by atoms with Gasteiger partial charge in [0.25, 0.3) is 0 Å². The summed E-state index contributed by atoms with van der Waals surface area (Å²) in [5.41, 5.74) is 0.483. The first-order chi connectivity index (χ1) is 6.68. The van der Waals surface area contributed by atoms with Crippen LogP contribution in [0.15, 0.2) is 12.2 Å². The number of hydrogen-bond donors (Lipinski definition) is 1. The molecule has 1 fully saturated rings. The molecule has 0 radical (unpaired) electrons. The Kier molecular flexibility index (Phi) is 2.70. The predicted octanol–water partition coefficient (Wildman–Crippen LogP) is 3.00. The van der Waals surface area contributed by atoms with Gasteiger partial charge in [-0.05, 0) is 48.9 Å². The van der Waals surface area contributed by atoms with Gasteiger partial charge in [-0.15, -0.1) is 0 Å². The summed E-state index contributed by atoms with van der Waals surface area (Å²) in [6.07, 6.45) is 9.98. The van der Waals surface area contributed by atoms with Gasteiger partial charge in [0, 0.05) is 6.61 Å². The maximum Gasteiger partial charge on any atom is 0.0459 e. The lowest BCUT2D eigenvalue weighted by Crippen LogP contribution is -2.34. The fourth-order valence-corrected chi connectivity index (χ4v) is 3.70. The van der Waals surface area contributed by atoms with Crippen LogP contribution in [0.2, 0.25) is 0 Å². The molecule has 1 heteroatoms. The highest BCUT2D eigenvalue weighted by Crippen LogP contribution is 2.55. The largest absolute Gasteiger partial charge is 0.396 e. The smallest absolute Gasteiger partial charge is 0.0459 e. The molecule has 0 bridgehead atoms. The summed E-state index contributed by atoms with van der Waals surface area (Å²) in [5.74, 6) is 2.01. The van der Waals surface area contributed by atoms with Crippen LogP contribution in [0.1, 0.15) is 39.5 Å². The SMILES string of the molecule is C[C@@H](CO)[C@@H]1CC[C@@H]2C=CCC[C@]21C. The Morgan fingerprint density at radius 1 is 1.50 bits per heavy atom. The van der Waals surface area contributed by atoms with Gasteiger partial charge >= 0.3 is 0 Å². The Morgan fingerprint density at radius 3 is 3.00 bits per heavy atom. The highest BCUT2D eigenvalue weighted by molar-refractivity contribution is 5.09. The molecular weight excluding hydrogens is 172 g/mol. The van der Waals surface area contributed by atoms with Gasteiger partial charge in [0.15, 0.2) is 0 Å². The molecule has 0 aromatic carbocycles. The fourth-order valence-electron chi connectivity index (χ4n) is 3.70. The second kappa shape index (κ2) is 3.69. The Morgan fingerprint density at radius 2 is 2.29 bits per heavy atom. The Bertz CT molecular complexity index is 233. The molecule has 14 heavy (non-hydrogen) atoms. The molecular formula is C13H22O. The summed E-state index contributed by atoms with van der Waals surface area (Å²) < 4.78 is 0. The zero-order valence-electron chi connectivity index (χ0n) is 9.37. The van der Waals surface area contributed by atoms with Crippen LogP contribution in [0, 0.1) is 23.2 Å². The molecule has 0 spiro atoms. The summed E-state index contributed by atoms with van der Waals surface area (Å²) in [4.78, 5) is 0. The van der Waals surface area contributed by atoms with E-state index >= 15 is 0 Å². The van der Waals surface area contributed by atoms with E-state index in [0.717, 1.165) is 11.8 Å². The zero-order chi connectivity index (χ0) is 10.2.